The predicted molar refractivity (Wildman–Crippen MR) is 68.3 cm³/mol. The zero-order chi connectivity index (χ0) is 11.6. The van der Waals surface area contributed by atoms with Crippen LogP contribution in [-0.2, 0) is 0 Å². The normalized spacial score (nSPS) is 20.2. The van der Waals surface area contributed by atoms with Crippen LogP contribution in [0.1, 0.15) is 36.4 Å². The fourth-order valence-electron chi connectivity index (χ4n) is 2.83. The van der Waals surface area contributed by atoms with E-state index in [1.54, 1.807) is 0 Å². The lowest BCUT2D eigenvalue weighted by Gasteiger charge is -2.47. The van der Waals surface area contributed by atoms with E-state index in [1.807, 2.05) is 7.05 Å². The van der Waals surface area contributed by atoms with Crippen molar-refractivity contribution in [3.63, 3.8) is 0 Å². The van der Waals surface area contributed by atoms with E-state index in [4.69, 9.17) is 5.73 Å². The van der Waals surface area contributed by atoms with Gasteiger partial charge in [0.25, 0.3) is 0 Å². The first-order valence-corrected chi connectivity index (χ1v) is 6.16. The third-order valence-electron chi connectivity index (χ3n) is 4.07. The molecule has 0 aromatic heterocycles. The molecule has 1 unspecified atom stereocenters. The van der Waals surface area contributed by atoms with Gasteiger partial charge in [0, 0.05) is 11.5 Å². The lowest BCUT2D eigenvalue weighted by Crippen LogP contribution is -2.47. The Bertz CT molecular complexity index is 333. The average Bonchev–Trinajstić information content (AvgIpc) is 2.25. The molecular formula is C14H22N2. The smallest absolute Gasteiger partial charge is 0.0386 e. The molecule has 2 nitrogen and oxygen atoms in total. The van der Waals surface area contributed by atoms with Crippen molar-refractivity contribution in [3.05, 3.63) is 35.4 Å². The molecule has 1 aromatic rings. The van der Waals surface area contributed by atoms with Gasteiger partial charge in [-0.2, -0.15) is 0 Å². The van der Waals surface area contributed by atoms with Crippen LogP contribution in [-0.4, -0.2) is 13.6 Å². The van der Waals surface area contributed by atoms with Crippen LogP contribution in [0.2, 0.25) is 0 Å². The number of hydrogen-bond donors (Lipinski definition) is 2. The molecule has 3 N–H and O–H groups in total. The van der Waals surface area contributed by atoms with Gasteiger partial charge in [0.05, 0.1) is 0 Å². The largest absolute Gasteiger partial charge is 0.330 e. The van der Waals surface area contributed by atoms with Crippen molar-refractivity contribution in [3.8, 4) is 0 Å². The number of aryl methyl sites for hydroxylation is 1. The molecule has 0 aliphatic heterocycles. The van der Waals surface area contributed by atoms with E-state index >= 15 is 0 Å². The quantitative estimate of drug-likeness (QED) is 0.814. The summed E-state index contributed by atoms with van der Waals surface area (Å²) in [4.78, 5) is 0. The highest BCUT2D eigenvalue weighted by molar-refractivity contribution is 5.26. The first kappa shape index (κ1) is 11.6. The summed E-state index contributed by atoms with van der Waals surface area (Å²) in [5, 5.41) is 3.45. The number of rotatable bonds is 4. The molecule has 88 valence electrons. The van der Waals surface area contributed by atoms with E-state index in [-0.39, 0.29) is 0 Å². The summed E-state index contributed by atoms with van der Waals surface area (Å²) < 4.78 is 0. The highest BCUT2D eigenvalue weighted by Gasteiger charge is 2.42. The monoisotopic (exact) mass is 218 g/mol. The summed E-state index contributed by atoms with van der Waals surface area (Å²) in [6, 6.07) is 9.23. The molecule has 1 aliphatic carbocycles. The van der Waals surface area contributed by atoms with Gasteiger partial charge >= 0.3 is 0 Å². The summed E-state index contributed by atoms with van der Waals surface area (Å²) in [5.74, 6) is 0. The van der Waals surface area contributed by atoms with Gasteiger partial charge in [-0.15, -0.1) is 0 Å². The van der Waals surface area contributed by atoms with Crippen LogP contribution in [0.3, 0.4) is 0 Å². The van der Waals surface area contributed by atoms with E-state index < -0.39 is 0 Å². The fraction of sp³-hybridized carbons (Fsp3) is 0.571. The second-order valence-corrected chi connectivity index (χ2v) is 5.05. The zero-order valence-electron chi connectivity index (χ0n) is 10.3. The van der Waals surface area contributed by atoms with E-state index in [0.29, 0.717) is 11.5 Å². The third-order valence-corrected chi connectivity index (χ3v) is 4.07. The third kappa shape index (κ3) is 1.87. The van der Waals surface area contributed by atoms with Gasteiger partial charge in [-0.25, -0.2) is 0 Å². The molecular weight excluding hydrogens is 196 g/mol. The maximum Gasteiger partial charge on any atom is 0.0386 e. The minimum atomic E-state index is 0.296. The predicted octanol–water partition coefficient (Wildman–Crippen LogP) is 2.38. The van der Waals surface area contributed by atoms with Gasteiger partial charge < -0.3 is 11.1 Å². The number of nitrogens with one attached hydrogen (secondary N) is 1. The summed E-state index contributed by atoms with van der Waals surface area (Å²) in [6.07, 6.45) is 3.83. The first-order chi connectivity index (χ1) is 7.72. The summed E-state index contributed by atoms with van der Waals surface area (Å²) >= 11 is 0. The van der Waals surface area contributed by atoms with Crippen molar-refractivity contribution >= 4 is 0 Å². The highest BCUT2D eigenvalue weighted by Crippen LogP contribution is 2.49. The highest BCUT2D eigenvalue weighted by atomic mass is 14.9. The molecule has 1 aliphatic rings. The van der Waals surface area contributed by atoms with E-state index in [9.17, 15) is 0 Å². The molecule has 1 fully saturated rings. The lowest BCUT2D eigenvalue weighted by molar-refractivity contribution is 0.0880. The Morgan fingerprint density at radius 2 is 1.94 bits per heavy atom. The molecule has 1 saturated carbocycles. The maximum atomic E-state index is 5.97. The summed E-state index contributed by atoms with van der Waals surface area (Å²) in [6.45, 7) is 2.91. The molecule has 0 radical (unpaired) electrons. The Morgan fingerprint density at radius 1 is 1.31 bits per heavy atom. The van der Waals surface area contributed by atoms with Crippen molar-refractivity contribution in [2.45, 2.75) is 32.2 Å². The summed E-state index contributed by atoms with van der Waals surface area (Å²) in [7, 11) is 2.04. The van der Waals surface area contributed by atoms with Crippen LogP contribution in [0.4, 0.5) is 0 Å². The van der Waals surface area contributed by atoms with Gasteiger partial charge in [-0.1, -0.05) is 36.2 Å². The number of benzene rings is 1. The van der Waals surface area contributed by atoms with Crippen molar-refractivity contribution < 1.29 is 0 Å². The molecule has 2 rings (SSSR count). The zero-order valence-corrected chi connectivity index (χ0v) is 10.3. The Kier molecular flexibility index (Phi) is 3.31. The Morgan fingerprint density at radius 3 is 2.31 bits per heavy atom. The van der Waals surface area contributed by atoms with E-state index in [2.05, 4.69) is 36.5 Å². The van der Waals surface area contributed by atoms with Crippen LogP contribution < -0.4 is 11.1 Å². The molecule has 1 aromatic carbocycles. The Balaban J connectivity index is 2.25. The average molecular weight is 218 g/mol. The molecule has 1 atom stereocenters. The van der Waals surface area contributed by atoms with Crippen LogP contribution in [0, 0.1) is 12.3 Å². The standard InChI is InChI=1S/C14H22N2/c1-11-4-6-12(7-5-11)13(16-2)14(10-15)8-3-9-14/h4-7,13,16H,3,8-10,15H2,1-2H3. The van der Waals surface area contributed by atoms with Gasteiger partial charge in [0.15, 0.2) is 0 Å². The van der Waals surface area contributed by atoms with Crippen molar-refractivity contribution in [2.24, 2.45) is 11.1 Å². The Labute approximate surface area is 98.2 Å². The SMILES string of the molecule is CNC(c1ccc(C)cc1)C1(CN)CCC1. The summed E-state index contributed by atoms with van der Waals surface area (Å²) in [5.41, 5.74) is 8.96. The van der Waals surface area contributed by atoms with Crippen molar-refractivity contribution in [1.82, 2.24) is 5.32 Å². The Hall–Kier alpha value is -0.860. The van der Waals surface area contributed by atoms with Crippen molar-refractivity contribution in [2.75, 3.05) is 13.6 Å². The molecule has 2 heteroatoms. The minimum Gasteiger partial charge on any atom is -0.330 e. The molecule has 0 heterocycles. The second kappa shape index (κ2) is 4.56. The van der Waals surface area contributed by atoms with Crippen LogP contribution >= 0.6 is 0 Å². The second-order valence-electron chi connectivity index (χ2n) is 5.05. The van der Waals surface area contributed by atoms with Gasteiger partial charge in [0.1, 0.15) is 0 Å². The van der Waals surface area contributed by atoms with Crippen LogP contribution in [0.5, 0.6) is 0 Å². The fourth-order valence-corrected chi connectivity index (χ4v) is 2.83. The van der Waals surface area contributed by atoms with E-state index in [1.165, 1.54) is 30.4 Å². The van der Waals surface area contributed by atoms with Gasteiger partial charge in [-0.3, -0.25) is 0 Å². The molecule has 0 amide bonds. The molecule has 0 spiro atoms. The van der Waals surface area contributed by atoms with Gasteiger partial charge in [-0.05, 0) is 38.9 Å². The maximum absolute atomic E-state index is 5.97. The van der Waals surface area contributed by atoms with Gasteiger partial charge in [0.2, 0.25) is 0 Å². The number of nitrogens with two attached hydrogens (primary N) is 1. The lowest BCUT2D eigenvalue weighted by atomic mass is 9.62. The molecule has 0 saturated heterocycles. The van der Waals surface area contributed by atoms with Crippen LogP contribution in [0.25, 0.3) is 0 Å². The minimum absolute atomic E-state index is 0.296. The molecule has 16 heavy (non-hydrogen) atoms. The first-order valence-electron chi connectivity index (χ1n) is 6.16. The number of hydrogen-bond acceptors (Lipinski definition) is 2. The van der Waals surface area contributed by atoms with Crippen LogP contribution in [0.15, 0.2) is 24.3 Å². The van der Waals surface area contributed by atoms with Crippen molar-refractivity contribution in [1.29, 1.82) is 0 Å². The topological polar surface area (TPSA) is 38.0 Å². The molecule has 0 bridgehead atoms. The van der Waals surface area contributed by atoms with E-state index in [0.717, 1.165) is 6.54 Å².